The molecule has 0 bridgehead atoms. The van der Waals surface area contributed by atoms with Gasteiger partial charge in [0.15, 0.2) is 0 Å². The van der Waals surface area contributed by atoms with Gasteiger partial charge in [0.2, 0.25) is 0 Å². The smallest absolute Gasteiger partial charge is 0.335 e. The monoisotopic (exact) mass is 234 g/mol. The average molecular weight is 234 g/mol. The van der Waals surface area contributed by atoms with Gasteiger partial charge in [0.1, 0.15) is 0 Å². The van der Waals surface area contributed by atoms with Crippen molar-refractivity contribution in [3.63, 3.8) is 0 Å². The van der Waals surface area contributed by atoms with Crippen molar-refractivity contribution >= 4 is 17.3 Å². The van der Waals surface area contributed by atoms with E-state index in [2.05, 4.69) is 31.0 Å². The van der Waals surface area contributed by atoms with Crippen LogP contribution in [-0.4, -0.2) is 29.7 Å². The number of hydrogen-bond donors (Lipinski definition) is 2. The Hall–Kier alpha value is -1.71. The molecule has 0 fully saturated rings. The Morgan fingerprint density at radius 2 is 2.24 bits per heavy atom. The highest BCUT2D eigenvalue weighted by Gasteiger charge is 2.23. The molecule has 0 radical (unpaired) electrons. The highest BCUT2D eigenvalue weighted by molar-refractivity contribution is 5.91. The fraction of sp³-hybridized carbons (Fsp3) is 0.462. The lowest BCUT2D eigenvalue weighted by molar-refractivity contribution is 0.0697. The van der Waals surface area contributed by atoms with Crippen LogP contribution in [0.25, 0.3) is 0 Å². The van der Waals surface area contributed by atoms with Gasteiger partial charge < -0.3 is 15.3 Å². The van der Waals surface area contributed by atoms with E-state index < -0.39 is 5.97 Å². The molecule has 4 heteroatoms. The van der Waals surface area contributed by atoms with E-state index in [-0.39, 0.29) is 0 Å². The summed E-state index contributed by atoms with van der Waals surface area (Å²) >= 11 is 0. The Labute approximate surface area is 101 Å². The standard InChI is InChI=1S/C13H18N2O2/c1-8(2)15-7-9(3)14-11-6-10(13(16)17)4-5-12(11)15/h4-6,8-9,14H,7H2,1-3H3,(H,16,17). The Kier molecular flexibility index (Phi) is 2.96. The number of carboxylic acids is 1. The number of anilines is 2. The number of carboxylic acid groups (broad SMARTS) is 1. The second-order valence-corrected chi connectivity index (χ2v) is 4.83. The second-order valence-electron chi connectivity index (χ2n) is 4.83. The fourth-order valence-electron chi connectivity index (χ4n) is 2.23. The molecule has 0 amide bonds. The zero-order chi connectivity index (χ0) is 12.6. The number of fused-ring (bicyclic) bond motifs is 1. The first-order valence-electron chi connectivity index (χ1n) is 5.89. The van der Waals surface area contributed by atoms with Crippen LogP contribution in [0.3, 0.4) is 0 Å². The highest BCUT2D eigenvalue weighted by atomic mass is 16.4. The molecular weight excluding hydrogens is 216 g/mol. The quantitative estimate of drug-likeness (QED) is 0.825. The third-order valence-corrected chi connectivity index (χ3v) is 3.05. The number of benzene rings is 1. The van der Waals surface area contributed by atoms with E-state index in [0.29, 0.717) is 17.6 Å². The summed E-state index contributed by atoms with van der Waals surface area (Å²) in [5.74, 6) is -0.885. The van der Waals surface area contributed by atoms with E-state index in [4.69, 9.17) is 5.11 Å². The largest absolute Gasteiger partial charge is 0.478 e. The minimum Gasteiger partial charge on any atom is -0.478 e. The van der Waals surface area contributed by atoms with Crippen LogP contribution in [0.4, 0.5) is 11.4 Å². The molecule has 0 aliphatic carbocycles. The number of aromatic carboxylic acids is 1. The van der Waals surface area contributed by atoms with E-state index in [1.54, 1.807) is 12.1 Å². The Morgan fingerprint density at radius 1 is 1.53 bits per heavy atom. The molecule has 2 rings (SSSR count). The van der Waals surface area contributed by atoms with Crippen molar-refractivity contribution in [2.45, 2.75) is 32.9 Å². The van der Waals surface area contributed by atoms with Gasteiger partial charge in [-0.3, -0.25) is 0 Å². The number of nitrogens with one attached hydrogen (secondary N) is 1. The number of rotatable bonds is 2. The second kappa shape index (κ2) is 4.28. The molecule has 1 aliphatic heterocycles. The molecule has 0 spiro atoms. The van der Waals surface area contributed by atoms with Gasteiger partial charge in [-0.1, -0.05) is 0 Å². The Morgan fingerprint density at radius 3 is 2.82 bits per heavy atom. The number of carbonyl (C=O) groups is 1. The maximum Gasteiger partial charge on any atom is 0.335 e. The Balaban J connectivity index is 2.43. The predicted molar refractivity (Wildman–Crippen MR) is 69.0 cm³/mol. The van der Waals surface area contributed by atoms with E-state index in [1.165, 1.54) is 0 Å². The maximum absolute atomic E-state index is 10.9. The third kappa shape index (κ3) is 2.20. The molecule has 1 aliphatic rings. The third-order valence-electron chi connectivity index (χ3n) is 3.05. The predicted octanol–water partition coefficient (Wildman–Crippen LogP) is 2.41. The van der Waals surface area contributed by atoms with Gasteiger partial charge in [0.05, 0.1) is 16.9 Å². The molecule has 4 nitrogen and oxygen atoms in total. The van der Waals surface area contributed by atoms with Crippen molar-refractivity contribution in [2.75, 3.05) is 16.8 Å². The summed E-state index contributed by atoms with van der Waals surface area (Å²) in [5, 5.41) is 12.3. The summed E-state index contributed by atoms with van der Waals surface area (Å²) in [6.45, 7) is 7.34. The Bertz CT molecular complexity index is 443. The molecule has 2 N–H and O–H groups in total. The SMILES string of the molecule is CC1CN(C(C)C)c2ccc(C(=O)O)cc2N1. The van der Waals surface area contributed by atoms with Crippen molar-refractivity contribution < 1.29 is 9.90 Å². The first-order chi connectivity index (χ1) is 7.99. The van der Waals surface area contributed by atoms with Gasteiger partial charge >= 0.3 is 5.97 Å². The first kappa shape index (κ1) is 11.8. The van der Waals surface area contributed by atoms with Gasteiger partial charge in [0.25, 0.3) is 0 Å². The van der Waals surface area contributed by atoms with E-state index in [1.807, 2.05) is 6.07 Å². The van der Waals surface area contributed by atoms with Gasteiger partial charge in [-0.2, -0.15) is 0 Å². The lowest BCUT2D eigenvalue weighted by Crippen LogP contribution is -2.43. The molecule has 92 valence electrons. The maximum atomic E-state index is 10.9. The van der Waals surface area contributed by atoms with Gasteiger partial charge in [-0.25, -0.2) is 4.79 Å². The van der Waals surface area contributed by atoms with Crippen LogP contribution in [0.15, 0.2) is 18.2 Å². The highest BCUT2D eigenvalue weighted by Crippen LogP contribution is 2.33. The molecule has 0 aromatic heterocycles. The molecule has 1 unspecified atom stereocenters. The van der Waals surface area contributed by atoms with Crippen molar-refractivity contribution in [3.05, 3.63) is 23.8 Å². The van der Waals surface area contributed by atoms with Crippen LogP contribution in [-0.2, 0) is 0 Å². The fourth-order valence-corrected chi connectivity index (χ4v) is 2.23. The minimum atomic E-state index is -0.885. The molecule has 0 saturated heterocycles. The number of nitrogens with zero attached hydrogens (tertiary/aromatic N) is 1. The average Bonchev–Trinajstić information content (AvgIpc) is 2.26. The first-order valence-corrected chi connectivity index (χ1v) is 5.89. The van der Waals surface area contributed by atoms with Crippen LogP contribution in [0, 0.1) is 0 Å². The van der Waals surface area contributed by atoms with Gasteiger partial charge in [-0.05, 0) is 39.0 Å². The van der Waals surface area contributed by atoms with Crippen LogP contribution in [0.5, 0.6) is 0 Å². The van der Waals surface area contributed by atoms with E-state index in [9.17, 15) is 4.79 Å². The molecule has 1 atom stereocenters. The van der Waals surface area contributed by atoms with Crippen LogP contribution in [0.2, 0.25) is 0 Å². The zero-order valence-electron chi connectivity index (χ0n) is 10.4. The normalized spacial score (nSPS) is 18.8. The molecule has 1 aromatic rings. The number of hydrogen-bond acceptors (Lipinski definition) is 3. The van der Waals surface area contributed by atoms with Crippen LogP contribution in [0.1, 0.15) is 31.1 Å². The summed E-state index contributed by atoms with van der Waals surface area (Å²) in [5.41, 5.74) is 2.33. The molecular formula is C13H18N2O2. The zero-order valence-corrected chi connectivity index (χ0v) is 10.4. The van der Waals surface area contributed by atoms with Crippen molar-refractivity contribution in [1.82, 2.24) is 0 Å². The van der Waals surface area contributed by atoms with E-state index >= 15 is 0 Å². The summed E-state index contributed by atoms with van der Waals surface area (Å²) < 4.78 is 0. The van der Waals surface area contributed by atoms with Crippen LogP contribution >= 0.6 is 0 Å². The van der Waals surface area contributed by atoms with Gasteiger partial charge in [0, 0.05) is 18.6 Å². The lowest BCUT2D eigenvalue weighted by Gasteiger charge is -2.38. The summed E-state index contributed by atoms with van der Waals surface area (Å²) in [6, 6.07) is 6.00. The van der Waals surface area contributed by atoms with Crippen molar-refractivity contribution in [2.24, 2.45) is 0 Å². The molecule has 17 heavy (non-hydrogen) atoms. The minimum absolute atomic E-state index is 0.328. The van der Waals surface area contributed by atoms with Crippen molar-refractivity contribution in [3.8, 4) is 0 Å². The summed E-state index contributed by atoms with van der Waals surface area (Å²) in [4.78, 5) is 13.2. The summed E-state index contributed by atoms with van der Waals surface area (Å²) in [6.07, 6.45) is 0. The molecule has 1 aromatic carbocycles. The van der Waals surface area contributed by atoms with Crippen molar-refractivity contribution in [1.29, 1.82) is 0 Å². The molecule has 0 saturated carbocycles. The van der Waals surface area contributed by atoms with E-state index in [0.717, 1.165) is 17.9 Å². The van der Waals surface area contributed by atoms with Gasteiger partial charge in [-0.15, -0.1) is 0 Å². The van der Waals surface area contributed by atoms with Crippen LogP contribution < -0.4 is 10.2 Å². The summed E-state index contributed by atoms with van der Waals surface area (Å²) in [7, 11) is 0. The lowest BCUT2D eigenvalue weighted by atomic mass is 10.1. The molecule has 1 heterocycles. The topological polar surface area (TPSA) is 52.6 Å².